The quantitative estimate of drug-likeness (QED) is 0.781. The molecule has 0 spiro atoms. The number of pyridine rings is 1. The van der Waals surface area contributed by atoms with Gasteiger partial charge in [-0.05, 0) is 43.5 Å². The van der Waals surface area contributed by atoms with Crippen molar-refractivity contribution in [3.8, 4) is 5.75 Å². The number of carbonyl (C=O) groups is 1. The topological polar surface area (TPSA) is 63.2 Å². The Hall–Kier alpha value is -2.56. The first-order valence-electron chi connectivity index (χ1n) is 8.26. The molecule has 1 aromatic heterocycles. The fraction of sp³-hybridized carbons (Fsp3) is 0.368. The summed E-state index contributed by atoms with van der Waals surface area (Å²) in [6.45, 7) is 4.78. The summed E-state index contributed by atoms with van der Waals surface area (Å²) in [4.78, 5) is 16.2. The fourth-order valence-corrected chi connectivity index (χ4v) is 2.28. The number of rotatable bonds is 8. The average Bonchev–Trinajstić information content (AvgIpc) is 2.62. The maximum absolute atomic E-state index is 12.0. The molecule has 2 aromatic rings. The second kappa shape index (κ2) is 8.91. The Morgan fingerprint density at radius 3 is 2.71 bits per heavy atom. The molecule has 0 bridgehead atoms. The van der Waals surface area contributed by atoms with Gasteiger partial charge in [-0.15, -0.1) is 0 Å². The number of anilines is 1. The number of hydrogen-bond donors (Lipinski definition) is 2. The third-order valence-electron chi connectivity index (χ3n) is 3.90. The lowest BCUT2D eigenvalue weighted by Gasteiger charge is -2.12. The van der Waals surface area contributed by atoms with Gasteiger partial charge in [-0.1, -0.05) is 25.1 Å². The summed E-state index contributed by atoms with van der Waals surface area (Å²) in [5, 5.41) is 6.22. The molecule has 1 amide bonds. The molecule has 5 heteroatoms. The van der Waals surface area contributed by atoms with Crippen LogP contribution >= 0.6 is 0 Å². The van der Waals surface area contributed by atoms with E-state index in [0.29, 0.717) is 5.69 Å². The summed E-state index contributed by atoms with van der Waals surface area (Å²) >= 11 is 0. The van der Waals surface area contributed by atoms with Gasteiger partial charge >= 0.3 is 0 Å². The van der Waals surface area contributed by atoms with E-state index in [2.05, 4.69) is 21.7 Å². The number of nitrogens with one attached hydrogen (secondary N) is 2. The number of hydrogen-bond acceptors (Lipinski definition) is 4. The number of amides is 1. The third-order valence-corrected chi connectivity index (χ3v) is 3.90. The highest BCUT2D eigenvalue weighted by Gasteiger charge is 2.09. The first-order valence-corrected chi connectivity index (χ1v) is 8.26. The zero-order valence-corrected chi connectivity index (χ0v) is 14.5. The Morgan fingerprint density at radius 2 is 2.04 bits per heavy atom. The van der Waals surface area contributed by atoms with Gasteiger partial charge in [0, 0.05) is 12.6 Å². The summed E-state index contributed by atoms with van der Waals surface area (Å²) in [7, 11) is 1.68. The molecule has 0 saturated heterocycles. The van der Waals surface area contributed by atoms with Crippen molar-refractivity contribution in [3.05, 3.63) is 53.9 Å². The summed E-state index contributed by atoms with van der Waals surface area (Å²) in [6, 6.07) is 11.7. The zero-order valence-electron chi connectivity index (χ0n) is 14.5. The summed E-state index contributed by atoms with van der Waals surface area (Å²) in [6.07, 6.45) is 3.43. The van der Waals surface area contributed by atoms with Gasteiger partial charge in [0.05, 0.1) is 19.0 Å². The maximum Gasteiger partial charge on any atom is 0.270 e. The standard InChI is InChI=1S/C19H25N3O2/c1-4-14(2)22-19(23)17-10-9-16(13-21-17)20-12-11-15-7-5-6-8-18(15)24-3/h5-10,13-14,20H,4,11-12H2,1-3H3,(H,22,23). The van der Waals surface area contributed by atoms with Crippen molar-refractivity contribution < 1.29 is 9.53 Å². The van der Waals surface area contributed by atoms with Crippen molar-refractivity contribution in [2.75, 3.05) is 19.0 Å². The molecule has 0 saturated carbocycles. The molecule has 1 aromatic carbocycles. The minimum absolute atomic E-state index is 0.134. The van der Waals surface area contributed by atoms with E-state index < -0.39 is 0 Å². The maximum atomic E-state index is 12.0. The van der Waals surface area contributed by atoms with E-state index in [9.17, 15) is 4.79 Å². The summed E-state index contributed by atoms with van der Waals surface area (Å²) < 4.78 is 5.35. The van der Waals surface area contributed by atoms with Crippen molar-refractivity contribution in [3.63, 3.8) is 0 Å². The Balaban J connectivity index is 1.87. The molecule has 1 unspecified atom stereocenters. The molecular formula is C19H25N3O2. The minimum atomic E-state index is -0.134. The number of para-hydroxylation sites is 1. The Bertz CT molecular complexity index is 656. The lowest BCUT2D eigenvalue weighted by Crippen LogP contribution is -2.32. The van der Waals surface area contributed by atoms with Crippen LogP contribution in [0.2, 0.25) is 0 Å². The average molecular weight is 327 g/mol. The van der Waals surface area contributed by atoms with Gasteiger partial charge in [0.15, 0.2) is 0 Å². The Labute approximate surface area is 143 Å². The van der Waals surface area contributed by atoms with Crippen molar-refractivity contribution in [2.24, 2.45) is 0 Å². The van der Waals surface area contributed by atoms with Crippen molar-refractivity contribution in [1.29, 1.82) is 0 Å². The number of aromatic nitrogens is 1. The fourth-order valence-electron chi connectivity index (χ4n) is 2.28. The van der Waals surface area contributed by atoms with E-state index in [1.807, 2.05) is 38.1 Å². The molecule has 1 atom stereocenters. The van der Waals surface area contributed by atoms with Gasteiger partial charge < -0.3 is 15.4 Å². The highest BCUT2D eigenvalue weighted by molar-refractivity contribution is 5.92. The third kappa shape index (κ3) is 4.98. The monoisotopic (exact) mass is 327 g/mol. The van der Waals surface area contributed by atoms with Crippen molar-refractivity contribution in [1.82, 2.24) is 10.3 Å². The number of ether oxygens (including phenoxy) is 1. The Kier molecular flexibility index (Phi) is 6.61. The van der Waals surface area contributed by atoms with Crippen LogP contribution in [0.4, 0.5) is 5.69 Å². The van der Waals surface area contributed by atoms with Crippen LogP contribution in [0.5, 0.6) is 5.75 Å². The summed E-state index contributed by atoms with van der Waals surface area (Å²) in [5.41, 5.74) is 2.49. The smallest absolute Gasteiger partial charge is 0.270 e. The van der Waals surface area contributed by atoms with Crippen LogP contribution in [0.3, 0.4) is 0 Å². The van der Waals surface area contributed by atoms with Crippen molar-refractivity contribution in [2.45, 2.75) is 32.7 Å². The number of nitrogens with zero attached hydrogens (tertiary/aromatic N) is 1. The molecule has 1 heterocycles. The van der Waals surface area contributed by atoms with Gasteiger partial charge in [-0.2, -0.15) is 0 Å². The number of benzene rings is 1. The molecule has 0 fully saturated rings. The molecule has 0 radical (unpaired) electrons. The number of methoxy groups -OCH3 is 1. The summed E-state index contributed by atoms with van der Waals surface area (Å²) in [5.74, 6) is 0.763. The predicted octanol–water partition coefficient (Wildman–Crippen LogP) is 3.27. The number of carbonyl (C=O) groups excluding carboxylic acids is 1. The van der Waals surface area contributed by atoms with E-state index >= 15 is 0 Å². The van der Waals surface area contributed by atoms with Crippen LogP contribution in [0.25, 0.3) is 0 Å². The van der Waals surface area contributed by atoms with E-state index in [4.69, 9.17) is 4.74 Å². The lowest BCUT2D eigenvalue weighted by molar-refractivity contribution is 0.0934. The molecule has 2 rings (SSSR count). The first-order chi connectivity index (χ1) is 11.6. The molecule has 24 heavy (non-hydrogen) atoms. The van der Waals surface area contributed by atoms with E-state index in [1.165, 1.54) is 0 Å². The van der Waals surface area contributed by atoms with Crippen LogP contribution in [-0.2, 0) is 6.42 Å². The van der Waals surface area contributed by atoms with E-state index in [-0.39, 0.29) is 11.9 Å². The van der Waals surface area contributed by atoms with Crippen molar-refractivity contribution >= 4 is 11.6 Å². The van der Waals surface area contributed by atoms with E-state index in [0.717, 1.165) is 36.4 Å². The highest BCUT2D eigenvalue weighted by atomic mass is 16.5. The molecule has 2 N–H and O–H groups in total. The first kappa shape index (κ1) is 17.8. The zero-order chi connectivity index (χ0) is 17.4. The van der Waals surface area contributed by atoms with E-state index in [1.54, 1.807) is 19.4 Å². The van der Waals surface area contributed by atoms with Gasteiger partial charge in [0.25, 0.3) is 5.91 Å². The molecule has 5 nitrogen and oxygen atoms in total. The predicted molar refractivity (Wildman–Crippen MR) is 96.6 cm³/mol. The largest absolute Gasteiger partial charge is 0.496 e. The lowest BCUT2D eigenvalue weighted by atomic mass is 10.1. The van der Waals surface area contributed by atoms with Crippen LogP contribution < -0.4 is 15.4 Å². The molecular weight excluding hydrogens is 302 g/mol. The molecule has 0 aliphatic heterocycles. The molecule has 0 aliphatic rings. The minimum Gasteiger partial charge on any atom is -0.496 e. The molecule has 0 aliphatic carbocycles. The van der Waals surface area contributed by atoms with Gasteiger partial charge in [0.1, 0.15) is 11.4 Å². The molecule has 128 valence electrons. The van der Waals surface area contributed by atoms with Gasteiger partial charge in [-0.3, -0.25) is 4.79 Å². The Morgan fingerprint density at radius 1 is 1.25 bits per heavy atom. The van der Waals surface area contributed by atoms with Crippen LogP contribution in [0, 0.1) is 0 Å². The van der Waals surface area contributed by atoms with Crippen LogP contribution in [0.1, 0.15) is 36.3 Å². The van der Waals surface area contributed by atoms with Gasteiger partial charge in [-0.25, -0.2) is 4.98 Å². The second-order valence-corrected chi connectivity index (χ2v) is 5.70. The highest BCUT2D eigenvalue weighted by Crippen LogP contribution is 2.18. The normalized spacial score (nSPS) is 11.6. The SMILES string of the molecule is CCC(C)NC(=O)c1ccc(NCCc2ccccc2OC)cn1. The second-order valence-electron chi connectivity index (χ2n) is 5.70. The van der Waals surface area contributed by atoms with Crippen LogP contribution in [0.15, 0.2) is 42.6 Å². The van der Waals surface area contributed by atoms with Crippen LogP contribution in [-0.4, -0.2) is 30.6 Å². The van der Waals surface area contributed by atoms with Gasteiger partial charge in [0.2, 0.25) is 0 Å².